The highest BCUT2D eigenvalue weighted by atomic mass is 16.5. The van der Waals surface area contributed by atoms with E-state index in [9.17, 15) is 4.79 Å². The van der Waals surface area contributed by atoms with E-state index < -0.39 is 0 Å². The predicted molar refractivity (Wildman–Crippen MR) is 87.5 cm³/mol. The van der Waals surface area contributed by atoms with Crippen molar-refractivity contribution in [2.75, 3.05) is 13.1 Å². The Morgan fingerprint density at radius 1 is 1.27 bits per heavy atom. The third-order valence-electron chi connectivity index (χ3n) is 4.71. The number of aromatic nitrogens is 1. The van der Waals surface area contributed by atoms with Crippen LogP contribution < -0.4 is 4.90 Å². The zero-order valence-corrected chi connectivity index (χ0v) is 13.8. The van der Waals surface area contributed by atoms with Crippen molar-refractivity contribution in [3.63, 3.8) is 0 Å². The van der Waals surface area contributed by atoms with Crippen LogP contribution in [0.3, 0.4) is 0 Å². The van der Waals surface area contributed by atoms with Crippen LogP contribution in [0.4, 0.5) is 0 Å². The van der Waals surface area contributed by atoms with E-state index in [1.54, 1.807) is 0 Å². The van der Waals surface area contributed by atoms with Crippen LogP contribution in [0.1, 0.15) is 36.8 Å². The molecular formula is C18H25N2O2+. The molecule has 1 aromatic carbocycles. The number of carbonyl (C=O) groups excluding carboxylic acids is 1. The Morgan fingerprint density at radius 3 is 2.59 bits per heavy atom. The van der Waals surface area contributed by atoms with Crippen molar-refractivity contribution < 1.29 is 14.4 Å². The molecule has 1 aliphatic rings. The van der Waals surface area contributed by atoms with Crippen LogP contribution in [-0.2, 0) is 4.74 Å². The highest BCUT2D eigenvalue weighted by Gasteiger charge is 2.34. The highest BCUT2D eigenvalue weighted by Crippen LogP contribution is 2.22. The van der Waals surface area contributed by atoms with Crippen LogP contribution in [0.5, 0.6) is 0 Å². The van der Waals surface area contributed by atoms with Crippen molar-refractivity contribution in [3.8, 4) is 0 Å². The third-order valence-corrected chi connectivity index (χ3v) is 4.71. The van der Waals surface area contributed by atoms with Crippen molar-refractivity contribution >= 4 is 16.7 Å². The number of hydrogen-bond acceptors (Lipinski definition) is 2. The molecular weight excluding hydrogens is 276 g/mol. The third kappa shape index (κ3) is 2.69. The number of hydrogen-bond donors (Lipinski definition) is 2. The summed E-state index contributed by atoms with van der Waals surface area (Å²) in [5, 5.41) is 1.03. The normalized spacial score (nSPS) is 27.0. The van der Waals surface area contributed by atoms with E-state index in [-0.39, 0.29) is 24.0 Å². The van der Waals surface area contributed by atoms with Crippen molar-refractivity contribution in [2.45, 2.75) is 45.9 Å². The van der Waals surface area contributed by atoms with E-state index >= 15 is 0 Å². The Kier molecular flexibility index (Phi) is 4.06. The number of rotatable bonds is 3. The first-order valence-electron chi connectivity index (χ1n) is 8.09. The van der Waals surface area contributed by atoms with Crippen LogP contribution >= 0.6 is 0 Å². The molecule has 0 amide bonds. The zero-order chi connectivity index (χ0) is 15.9. The molecule has 3 rings (SSSR count). The Balaban J connectivity index is 1.90. The van der Waals surface area contributed by atoms with E-state index in [0.717, 1.165) is 35.2 Å². The maximum Gasteiger partial charge on any atom is 0.222 e. The summed E-state index contributed by atoms with van der Waals surface area (Å²) in [5.74, 6) is 0.228. The summed E-state index contributed by atoms with van der Waals surface area (Å²) in [5.41, 5.74) is 2.85. The van der Waals surface area contributed by atoms with Crippen LogP contribution in [0, 0.1) is 6.92 Å². The number of ketones is 1. The van der Waals surface area contributed by atoms with E-state index in [2.05, 4.69) is 18.8 Å². The fourth-order valence-corrected chi connectivity index (χ4v) is 3.66. The van der Waals surface area contributed by atoms with Gasteiger partial charge in [-0.25, -0.2) is 0 Å². The van der Waals surface area contributed by atoms with Crippen molar-refractivity contribution in [1.29, 1.82) is 0 Å². The monoisotopic (exact) mass is 301 g/mol. The lowest BCUT2D eigenvalue weighted by atomic mass is 10.00. The molecule has 0 radical (unpaired) electrons. The smallest absolute Gasteiger partial charge is 0.222 e. The fourth-order valence-electron chi connectivity index (χ4n) is 3.66. The standard InChI is InChI=1S/C18H24N2O2/c1-11-9-20(10-12(2)22-11)14(4)18(21)17-13(3)19-16-8-6-5-7-15(16)17/h5-8,11-12,14,19H,9-10H2,1-4H3/p+1/t11-,12-,14+/m1/s1. The number of H-pyrrole nitrogens is 1. The Morgan fingerprint density at radius 2 is 1.91 bits per heavy atom. The molecule has 0 spiro atoms. The van der Waals surface area contributed by atoms with Gasteiger partial charge in [-0.3, -0.25) is 4.79 Å². The van der Waals surface area contributed by atoms with E-state index in [0.29, 0.717) is 0 Å². The molecule has 0 unspecified atom stereocenters. The largest absolute Gasteiger partial charge is 0.364 e. The van der Waals surface area contributed by atoms with Gasteiger partial charge in [0.25, 0.3) is 0 Å². The second-order valence-corrected chi connectivity index (χ2v) is 6.58. The molecule has 4 heteroatoms. The van der Waals surface area contributed by atoms with E-state index in [4.69, 9.17) is 4.74 Å². The lowest BCUT2D eigenvalue weighted by Gasteiger charge is -2.35. The molecule has 2 heterocycles. The summed E-state index contributed by atoms with van der Waals surface area (Å²) < 4.78 is 5.79. The minimum absolute atomic E-state index is 0.0493. The summed E-state index contributed by atoms with van der Waals surface area (Å²) in [7, 11) is 0. The summed E-state index contributed by atoms with van der Waals surface area (Å²) >= 11 is 0. The molecule has 0 bridgehead atoms. The van der Waals surface area contributed by atoms with Gasteiger partial charge in [-0.2, -0.15) is 0 Å². The number of morpholine rings is 1. The number of para-hydroxylation sites is 1. The fraction of sp³-hybridized carbons (Fsp3) is 0.500. The number of aryl methyl sites for hydroxylation is 1. The molecule has 22 heavy (non-hydrogen) atoms. The molecule has 1 saturated heterocycles. The number of Topliss-reactive ketones (excluding diaryl/α,β-unsaturated/α-hetero) is 1. The number of benzene rings is 1. The summed E-state index contributed by atoms with van der Waals surface area (Å²) in [6, 6.07) is 7.98. The van der Waals surface area contributed by atoms with E-state index in [1.165, 1.54) is 4.90 Å². The van der Waals surface area contributed by atoms with Crippen molar-refractivity contribution in [3.05, 3.63) is 35.5 Å². The van der Waals surface area contributed by atoms with Gasteiger partial charge < -0.3 is 14.6 Å². The molecule has 2 N–H and O–H groups in total. The molecule has 1 fully saturated rings. The van der Waals surface area contributed by atoms with Gasteiger partial charge >= 0.3 is 0 Å². The van der Waals surface area contributed by atoms with Crippen LogP contribution in [0.15, 0.2) is 24.3 Å². The van der Waals surface area contributed by atoms with Crippen molar-refractivity contribution in [1.82, 2.24) is 4.98 Å². The number of ether oxygens (including phenoxy) is 1. The maximum absolute atomic E-state index is 13.1. The summed E-state index contributed by atoms with van der Waals surface area (Å²) in [6.07, 6.45) is 0.413. The average Bonchev–Trinajstić information content (AvgIpc) is 2.80. The second kappa shape index (κ2) is 5.86. The lowest BCUT2D eigenvalue weighted by Crippen LogP contribution is -3.19. The zero-order valence-electron chi connectivity index (χ0n) is 13.8. The Hall–Kier alpha value is -1.65. The summed E-state index contributed by atoms with van der Waals surface area (Å²) in [4.78, 5) is 17.7. The van der Waals surface area contributed by atoms with Gasteiger partial charge in [0.15, 0.2) is 0 Å². The molecule has 0 saturated carbocycles. The van der Waals surface area contributed by atoms with Gasteiger partial charge in [0, 0.05) is 16.6 Å². The molecule has 1 aromatic heterocycles. The Labute approximate surface area is 131 Å². The second-order valence-electron chi connectivity index (χ2n) is 6.58. The van der Waals surface area contributed by atoms with Crippen LogP contribution in [0.2, 0.25) is 0 Å². The van der Waals surface area contributed by atoms with Crippen molar-refractivity contribution in [2.24, 2.45) is 0 Å². The molecule has 2 aromatic rings. The van der Waals surface area contributed by atoms with Gasteiger partial charge in [-0.1, -0.05) is 18.2 Å². The first-order chi connectivity index (χ1) is 10.5. The van der Waals surface area contributed by atoms with E-state index in [1.807, 2.05) is 38.1 Å². The molecule has 1 aliphatic heterocycles. The lowest BCUT2D eigenvalue weighted by molar-refractivity contribution is -0.928. The number of nitrogens with one attached hydrogen (secondary N) is 2. The average molecular weight is 301 g/mol. The number of aromatic amines is 1. The predicted octanol–water partition coefficient (Wildman–Crippen LogP) is 1.74. The quantitative estimate of drug-likeness (QED) is 0.848. The first-order valence-corrected chi connectivity index (χ1v) is 8.09. The SMILES string of the molecule is Cc1[nH]c2ccccc2c1C(=O)[C@H](C)[NH+]1C[C@@H](C)O[C@H](C)C1. The molecule has 118 valence electrons. The number of quaternary nitrogens is 1. The van der Waals surface area contributed by atoms with Gasteiger partial charge in [-0.05, 0) is 33.8 Å². The Bertz CT molecular complexity index is 681. The minimum atomic E-state index is -0.0493. The number of carbonyl (C=O) groups is 1. The molecule has 4 nitrogen and oxygen atoms in total. The highest BCUT2D eigenvalue weighted by molar-refractivity contribution is 6.10. The van der Waals surface area contributed by atoms with Crippen LogP contribution in [-0.4, -0.2) is 42.1 Å². The van der Waals surface area contributed by atoms with Gasteiger partial charge in [0.1, 0.15) is 31.3 Å². The molecule has 3 atom stereocenters. The summed E-state index contributed by atoms with van der Waals surface area (Å²) in [6.45, 7) is 9.98. The van der Waals surface area contributed by atoms with Gasteiger partial charge in [0.05, 0.1) is 5.56 Å². The topological polar surface area (TPSA) is 46.5 Å². The van der Waals surface area contributed by atoms with Crippen LogP contribution in [0.25, 0.3) is 10.9 Å². The van der Waals surface area contributed by atoms with Gasteiger partial charge in [0.2, 0.25) is 5.78 Å². The maximum atomic E-state index is 13.1. The van der Waals surface area contributed by atoms with Gasteiger partial charge in [-0.15, -0.1) is 0 Å². The molecule has 0 aliphatic carbocycles. The first kappa shape index (κ1) is 15.3. The minimum Gasteiger partial charge on any atom is -0.364 e. The number of fused-ring (bicyclic) bond motifs is 1.